The third kappa shape index (κ3) is 4.04. The van der Waals surface area contributed by atoms with Crippen molar-refractivity contribution in [3.05, 3.63) is 35.9 Å². The second-order valence-corrected chi connectivity index (χ2v) is 4.77. The van der Waals surface area contributed by atoms with Crippen LogP contribution in [0.4, 0.5) is 10.5 Å². The van der Waals surface area contributed by atoms with Gasteiger partial charge in [0.05, 0.1) is 25.3 Å². The number of hydrogen-bond donors (Lipinski definition) is 4. The maximum atomic E-state index is 12.0. The van der Waals surface area contributed by atoms with E-state index in [-0.39, 0.29) is 13.1 Å². The molecule has 112 valence electrons. The summed E-state index contributed by atoms with van der Waals surface area (Å²) in [6.07, 6.45) is 0.566. The molecule has 2 atom stereocenters. The van der Waals surface area contributed by atoms with Crippen molar-refractivity contribution in [3.63, 3.8) is 0 Å². The number of nitrogens with zero attached hydrogens (tertiary/aromatic N) is 1. The molecular weight excluding hydrogens is 276 g/mol. The number of aliphatic carboxylic acids is 1. The van der Waals surface area contributed by atoms with Crippen LogP contribution < -0.4 is 5.32 Å². The van der Waals surface area contributed by atoms with E-state index in [2.05, 4.69) is 5.32 Å². The normalized spacial score (nSPS) is 21.7. The van der Waals surface area contributed by atoms with Crippen LogP contribution in [0.3, 0.4) is 0 Å². The van der Waals surface area contributed by atoms with E-state index in [1.807, 2.05) is 0 Å². The second-order valence-electron chi connectivity index (χ2n) is 4.77. The van der Waals surface area contributed by atoms with Crippen molar-refractivity contribution < 1.29 is 24.9 Å². The first kappa shape index (κ1) is 15.0. The number of urea groups is 1. The molecule has 2 rings (SSSR count). The number of anilines is 1. The van der Waals surface area contributed by atoms with E-state index in [1.165, 1.54) is 11.0 Å². The molecule has 4 N–H and O–H groups in total. The van der Waals surface area contributed by atoms with Gasteiger partial charge < -0.3 is 25.5 Å². The van der Waals surface area contributed by atoms with Gasteiger partial charge in [-0.05, 0) is 23.8 Å². The summed E-state index contributed by atoms with van der Waals surface area (Å²) in [4.78, 5) is 23.7. The van der Waals surface area contributed by atoms with Gasteiger partial charge in [-0.1, -0.05) is 12.1 Å². The van der Waals surface area contributed by atoms with Crippen molar-refractivity contribution >= 4 is 23.8 Å². The van der Waals surface area contributed by atoms with Gasteiger partial charge in [0.25, 0.3) is 0 Å². The lowest BCUT2D eigenvalue weighted by Crippen LogP contribution is -2.33. The molecule has 2 amide bonds. The van der Waals surface area contributed by atoms with Gasteiger partial charge in [0, 0.05) is 11.8 Å². The van der Waals surface area contributed by atoms with E-state index < -0.39 is 24.2 Å². The predicted molar refractivity (Wildman–Crippen MR) is 75.7 cm³/mol. The molecule has 0 aromatic heterocycles. The summed E-state index contributed by atoms with van der Waals surface area (Å²) in [5.41, 5.74) is 1.14. The Morgan fingerprint density at radius 3 is 2.52 bits per heavy atom. The summed E-state index contributed by atoms with van der Waals surface area (Å²) in [6.45, 7) is 0.150. The number of benzene rings is 1. The fraction of sp³-hybridized carbons (Fsp3) is 0.286. The Balaban J connectivity index is 2.01. The molecule has 1 heterocycles. The Hall–Kier alpha value is -2.38. The SMILES string of the molecule is O=C(O)/C=C/c1cccc(NC(=O)N2CC(O)C(O)C2)c1. The first-order valence-corrected chi connectivity index (χ1v) is 6.39. The maximum Gasteiger partial charge on any atom is 0.328 e. The van der Waals surface area contributed by atoms with E-state index >= 15 is 0 Å². The number of aliphatic hydroxyl groups excluding tert-OH is 2. The molecule has 0 radical (unpaired) electrons. The van der Waals surface area contributed by atoms with E-state index in [0.717, 1.165) is 6.08 Å². The third-order valence-corrected chi connectivity index (χ3v) is 3.10. The van der Waals surface area contributed by atoms with Crippen molar-refractivity contribution in [2.75, 3.05) is 18.4 Å². The standard InChI is InChI=1S/C14H16N2O5/c17-11-7-16(8-12(11)18)14(21)15-10-3-1-2-9(6-10)4-5-13(19)20/h1-6,11-12,17-18H,7-8H2,(H,15,21)(H,19,20)/b5-4+. The van der Waals surface area contributed by atoms with E-state index in [4.69, 9.17) is 5.11 Å². The number of likely N-dealkylation sites (tertiary alicyclic amines) is 1. The number of hydrogen-bond acceptors (Lipinski definition) is 4. The quantitative estimate of drug-likeness (QED) is 0.601. The van der Waals surface area contributed by atoms with Gasteiger partial charge in [-0.2, -0.15) is 0 Å². The van der Waals surface area contributed by atoms with Crippen molar-refractivity contribution in [3.8, 4) is 0 Å². The number of carboxylic acid groups (broad SMARTS) is 1. The second kappa shape index (κ2) is 6.38. The molecule has 0 spiro atoms. The minimum Gasteiger partial charge on any atom is -0.478 e. The molecule has 1 aromatic carbocycles. The van der Waals surface area contributed by atoms with Crippen molar-refractivity contribution in [1.82, 2.24) is 4.90 Å². The Morgan fingerprint density at radius 1 is 1.24 bits per heavy atom. The summed E-state index contributed by atoms with van der Waals surface area (Å²) in [6, 6.07) is 6.26. The molecule has 1 aromatic rings. The van der Waals surface area contributed by atoms with Gasteiger partial charge in [-0.15, -0.1) is 0 Å². The fourth-order valence-corrected chi connectivity index (χ4v) is 2.03. The Labute approximate surface area is 121 Å². The average molecular weight is 292 g/mol. The fourth-order valence-electron chi connectivity index (χ4n) is 2.03. The van der Waals surface area contributed by atoms with Crippen LogP contribution in [0.1, 0.15) is 5.56 Å². The lowest BCUT2D eigenvalue weighted by Gasteiger charge is -2.16. The Morgan fingerprint density at radius 2 is 1.90 bits per heavy atom. The number of carboxylic acids is 1. The molecule has 1 aliphatic rings. The zero-order chi connectivity index (χ0) is 15.4. The van der Waals surface area contributed by atoms with Crippen LogP contribution in [0, 0.1) is 0 Å². The zero-order valence-corrected chi connectivity index (χ0v) is 11.1. The van der Waals surface area contributed by atoms with Gasteiger partial charge in [-0.25, -0.2) is 9.59 Å². The first-order chi connectivity index (χ1) is 9.95. The molecule has 2 unspecified atom stereocenters. The highest BCUT2D eigenvalue weighted by Gasteiger charge is 2.32. The molecule has 1 fully saturated rings. The van der Waals surface area contributed by atoms with E-state index in [0.29, 0.717) is 11.3 Å². The van der Waals surface area contributed by atoms with Crippen molar-refractivity contribution in [2.24, 2.45) is 0 Å². The van der Waals surface area contributed by atoms with E-state index in [9.17, 15) is 19.8 Å². The third-order valence-electron chi connectivity index (χ3n) is 3.10. The molecular formula is C14H16N2O5. The van der Waals surface area contributed by atoms with Crippen LogP contribution in [-0.4, -0.2) is 57.5 Å². The summed E-state index contributed by atoms with van der Waals surface area (Å²) in [5, 5.41) is 30.0. The lowest BCUT2D eigenvalue weighted by atomic mass is 10.2. The number of carbonyl (C=O) groups is 2. The molecule has 1 aliphatic heterocycles. The largest absolute Gasteiger partial charge is 0.478 e. The number of aliphatic hydroxyl groups is 2. The minimum atomic E-state index is -1.05. The summed E-state index contributed by atoms with van der Waals surface area (Å²) in [7, 11) is 0. The number of carbonyl (C=O) groups excluding carboxylic acids is 1. The zero-order valence-electron chi connectivity index (χ0n) is 11.1. The van der Waals surface area contributed by atoms with Gasteiger partial charge >= 0.3 is 12.0 Å². The average Bonchev–Trinajstić information content (AvgIpc) is 2.77. The van der Waals surface area contributed by atoms with Gasteiger partial charge in [0.2, 0.25) is 0 Å². The minimum absolute atomic E-state index is 0.0750. The predicted octanol–water partition coefficient (Wildman–Crippen LogP) is 0.354. The van der Waals surface area contributed by atoms with Crippen LogP contribution in [0.15, 0.2) is 30.3 Å². The molecule has 7 heteroatoms. The molecule has 1 saturated heterocycles. The molecule has 7 nitrogen and oxygen atoms in total. The topological polar surface area (TPSA) is 110 Å². The van der Waals surface area contributed by atoms with Crippen LogP contribution in [0.5, 0.6) is 0 Å². The Bertz CT molecular complexity index is 562. The van der Waals surface area contributed by atoms with Crippen molar-refractivity contribution in [1.29, 1.82) is 0 Å². The van der Waals surface area contributed by atoms with Crippen molar-refractivity contribution in [2.45, 2.75) is 12.2 Å². The Kier molecular flexibility index (Phi) is 4.56. The monoisotopic (exact) mass is 292 g/mol. The highest BCUT2D eigenvalue weighted by atomic mass is 16.4. The highest BCUT2D eigenvalue weighted by molar-refractivity contribution is 5.90. The van der Waals surface area contributed by atoms with Crippen LogP contribution in [0.2, 0.25) is 0 Å². The summed E-state index contributed by atoms with van der Waals surface area (Å²) in [5.74, 6) is -1.05. The van der Waals surface area contributed by atoms with Gasteiger partial charge in [-0.3, -0.25) is 0 Å². The number of nitrogens with one attached hydrogen (secondary N) is 1. The molecule has 0 saturated carbocycles. The van der Waals surface area contributed by atoms with Crippen LogP contribution in [0.25, 0.3) is 6.08 Å². The number of amides is 2. The molecule has 0 bridgehead atoms. The summed E-state index contributed by atoms with van der Waals surface area (Å²) < 4.78 is 0. The van der Waals surface area contributed by atoms with Crippen LogP contribution >= 0.6 is 0 Å². The number of rotatable bonds is 3. The smallest absolute Gasteiger partial charge is 0.328 e. The molecule has 21 heavy (non-hydrogen) atoms. The highest BCUT2D eigenvalue weighted by Crippen LogP contribution is 2.15. The van der Waals surface area contributed by atoms with Gasteiger partial charge in [0.15, 0.2) is 0 Å². The van der Waals surface area contributed by atoms with Crippen LogP contribution in [-0.2, 0) is 4.79 Å². The number of β-amino-alcohol motifs (C(OH)–C–C–N with tert-alkyl or cyclic N) is 2. The lowest BCUT2D eigenvalue weighted by molar-refractivity contribution is -0.131. The summed E-state index contributed by atoms with van der Waals surface area (Å²) >= 11 is 0. The molecule has 0 aliphatic carbocycles. The maximum absolute atomic E-state index is 12.0. The van der Waals surface area contributed by atoms with E-state index in [1.54, 1.807) is 24.3 Å². The first-order valence-electron chi connectivity index (χ1n) is 6.39. The van der Waals surface area contributed by atoms with Gasteiger partial charge in [0.1, 0.15) is 0 Å².